The van der Waals surface area contributed by atoms with Crippen molar-refractivity contribution < 1.29 is 0 Å². The molecule has 2 nitrogen and oxygen atoms in total. The number of hydrogen-bond acceptors (Lipinski definition) is 2. The molecule has 0 spiro atoms. The van der Waals surface area contributed by atoms with Gasteiger partial charge in [-0.05, 0) is 37.3 Å². The molecule has 0 saturated carbocycles. The van der Waals surface area contributed by atoms with E-state index in [2.05, 4.69) is 31.3 Å². The van der Waals surface area contributed by atoms with Crippen molar-refractivity contribution in [2.45, 2.75) is 39.0 Å². The maximum Gasteiger partial charge on any atom is 0.0638 e. The number of nitrogens with zero attached hydrogens (tertiary/aromatic N) is 1. The first-order chi connectivity index (χ1) is 6.81. The number of hydrogen-bond donors (Lipinski definition) is 1. The standard InChI is InChI=1S/C12H18N2/c1-3-9(2)10-6-7-11-12(14-10)5-4-8-13-11/h6-7,9,13H,3-5,8H2,1-2H3. The Hall–Kier alpha value is -1.05. The number of aromatic nitrogens is 1. The molecule has 0 amide bonds. The van der Waals surface area contributed by atoms with Crippen LogP contribution >= 0.6 is 0 Å². The van der Waals surface area contributed by atoms with Gasteiger partial charge in [0.05, 0.1) is 11.4 Å². The Bertz CT molecular complexity index is 320. The summed E-state index contributed by atoms with van der Waals surface area (Å²) in [5, 5.41) is 3.38. The van der Waals surface area contributed by atoms with Crippen molar-refractivity contribution >= 4 is 5.69 Å². The van der Waals surface area contributed by atoms with Crippen LogP contribution in [0, 0.1) is 0 Å². The van der Waals surface area contributed by atoms with Crippen LogP contribution in [-0.4, -0.2) is 11.5 Å². The summed E-state index contributed by atoms with van der Waals surface area (Å²) < 4.78 is 0. The van der Waals surface area contributed by atoms with E-state index in [1.807, 2.05) is 0 Å². The Balaban J connectivity index is 2.29. The lowest BCUT2D eigenvalue weighted by Crippen LogP contribution is -2.14. The van der Waals surface area contributed by atoms with Gasteiger partial charge in [-0.15, -0.1) is 0 Å². The molecule has 1 unspecified atom stereocenters. The Labute approximate surface area is 85.7 Å². The van der Waals surface area contributed by atoms with E-state index >= 15 is 0 Å². The second-order valence-electron chi connectivity index (χ2n) is 4.07. The molecule has 1 aliphatic heterocycles. The van der Waals surface area contributed by atoms with Crippen LogP contribution in [0.15, 0.2) is 12.1 Å². The minimum atomic E-state index is 0.585. The van der Waals surface area contributed by atoms with Crippen molar-refractivity contribution in [3.8, 4) is 0 Å². The highest BCUT2D eigenvalue weighted by atomic mass is 14.9. The van der Waals surface area contributed by atoms with E-state index in [1.54, 1.807) is 0 Å². The first-order valence-electron chi connectivity index (χ1n) is 5.55. The van der Waals surface area contributed by atoms with Crippen LogP contribution in [0.4, 0.5) is 5.69 Å². The third-order valence-electron chi connectivity index (χ3n) is 3.02. The fraction of sp³-hybridized carbons (Fsp3) is 0.583. The van der Waals surface area contributed by atoms with Crippen LogP contribution in [0.25, 0.3) is 0 Å². The van der Waals surface area contributed by atoms with E-state index in [4.69, 9.17) is 4.98 Å². The highest BCUT2D eigenvalue weighted by Crippen LogP contribution is 2.24. The zero-order valence-electron chi connectivity index (χ0n) is 9.01. The second-order valence-corrected chi connectivity index (χ2v) is 4.07. The SMILES string of the molecule is CCC(C)c1ccc2c(n1)CCCN2. The first kappa shape index (κ1) is 9.50. The fourth-order valence-corrected chi connectivity index (χ4v) is 1.83. The summed E-state index contributed by atoms with van der Waals surface area (Å²) in [5.41, 5.74) is 3.74. The molecule has 1 N–H and O–H groups in total. The van der Waals surface area contributed by atoms with Gasteiger partial charge in [0, 0.05) is 12.2 Å². The number of rotatable bonds is 2. The molecule has 0 saturated heterocycles. The molecule has 2 heteroatoms. The van der Waals surface area contributed by atoms with E-state index in [1.165, 1.54) is 29.9 Å². The second kappa shape index (κ2) is 3.99. The summed E-state index contributed by atoms with van der Waals surface area (Å²) in [6.07, 6.45) is 3.51. The van der Waals surface area contributed by atoms with Crippen molar-refractivity contribution in [1.82, 2.24) is 4.98 Å². The van der Waals surface area contributed by atoms with Gasteiger partial charge >= 0.3 is 0 Å². The van der Waals surface area contributed by atoms with Crippen LogP contribution in [0.5, 0.6) is 0 Å². The van der Waals surface area contributed by atoms with Crippen molar-refractivity contribution in [3.05, 3.63) is 23.5 Å². The normalized spacial score (nSPS) is 17.0. The predicted molar refractivity (Wildman–Crippen MR) is 59.8 cm³/mol. The number of fused-ring (bicyclic) bond motifs is 1. The lowest BCUT2D eigenvalue weighted by atomic mass is 10.0. The molecule has 0 radical (unpaired) electrons. The molecule has 0 aromatic carbocycles. The minimum Gasteiger partial charge on any atom is -0.384 e. The van der Waals surface area contributed by atoms with Crippen LogP contribution in [-0.2, 0) is 6.42 Å². The predicted octanol–water partition coefficient (Wildman–Crippen LogP) is 2.95. The molecule has 2 rings (SSSR count). The highest BCUT2D eigenvalue weighted by molar-refractivity contribution is 5.50. The molecule has 0 bridgehead atoms. The molecule has 14 heavy (non-hydrogen) atoms. The topological polar surface area (TPSA) is 24.9 Å². The Morgan fingerprint density at radius 2 is 2.36 bits per heavy atom. The quantitative estimate of drug-likeness (QED) is 0.775. The summed E-state index contributed by atoms with van der Waals surface area (Å²) in [4.78, 5) is 4.72. The zero-order valence-corrected chi connectivity index (χ0v) is 9.01. The average molecular weight is 190 g/mol. The summed E-state index contributed by atoms with van der Waals surface area (Å²) in [5.74, 6) is 0.585. The Morgan fingerprint density at radius 3 is 3.14 bits per heavy atom. The molecule has 76 valence electrons. The van der Waals surface area contributed by atoms with Crippen LogP contribution in [0.2, 0.25) is 0 Å². The van der Waals surface area contributed by atoms with Gasteiger partial charge in [-0.3, -0.25) is 4.98 Å². The van der Waals surface area contributed by atoms with Crippen molar-refractivity contribution in [2.75, 3.05) is 11.9 Å². The van der Waals surface area contributed by atoms with E-state index in [9.17, 15) is 0 Å². The molecule has 2 heterocycles. The van der Waals surface area contributed by atoms with Gasteiger partial charge in [-0.25, -0.2) is 0 Å². The van der Waals surface area contributed by atoms with Gasteiger partial charge in [0.25, 0.3) is 0 Å². The maximum absolute atomic E-state index is 4.72. The fourth-order valence-electron chi connectivity index (χ4n) is 1.83. The van der Waals surface area contributed by atoms with Gasteiger partial charge in [-0.2, -0.15) is 0 Å². The maximum atomic E-state index is 4.72. The van der Waals surface area contributed by atoms with Crippen LogP contribution in [0.3, 0.4) is 0 Å². The van der Waals surface area contributed by atoms with Crippen molar-refractivity contribution in [2.24, 2.45) is 0 Å². The van der Waals surface area contributed by atoms with Crippen molar-refractivity contribution in [1.29, 1.82) is 0 Å². The van der Waals surface area contributed by atoms with E-state index < -0.39 is 0 Å². The lowest BCUT2D eigenvalue weighted by molar-refractivity contribution is 0.693. The monoisotopic (exact) mass is 190 g/mol. The van der Waals surface area contributed by atoms with E-state index in [-0.39, 0.29) is 0 Å². The van der Waals surface area contributed by atoms with E-state index in [0.29, 0.717) is 5.92 Å². The zero-order chi connectivity index (χ0) is 9.97. The number of aryl methyl sites for hydroxylation is 1. The van der Waals surface area contributed by atoms with Crippen molar-refractivity contribution in [3.63, 3.8) is 0 Å². The summed E-state index contributed by atoms with van der Waals surface area (Å²) >= 11 is 0. The Morgan fingerprint density at radius 1 is 1.50 bits per heavy atom. The molecule has 0 fully saturated rings. The molecular formula is C12H18N2. The van der Waals surface area contributed by atoms with Gasteiger partial charge in [0.15, 0.2) is 0 Å². The number of pyridine rings is 1. The largest absolute Gasteiger partial charge is 0.384 e. The molecule has 1 aromatic rings. The molecule has 1 aromatic heterocycles. The third-order valence-corrected chi connectivity index (χ3v) is 3.02. The van der Waals surface area contributed by atoms with Gasteiger partial charge in [-0.1, -0.05) is 13.8 Å². The minimum absolute atomic E-state index is 0.585. The smallest absolute Gasteiger partial charge is 0.0638 e. The van der Waals surface area contributed by atoms with Crippen LogP contribution in [0.1, 0.15) is 44.0 Å². The average Bonchev–Trinajstić information content (AvgIpc) is 2.27. The number of anilines is 1. The molecule has 0 aliphatic carbocycles. The van der Waals surface area contributed by atoms with Gasteiger partial charge in [0.2, 0.25) is 0 Å². The first-order valence-corrected chi connectivity index (χ1v) is 5.55. The molecule has 1 atom stereocenters. The Kier molecular flexibility index (Phi) is 2.71. The molecule has 1 aliphatic rings. The molecular weight excluding hydrogens is 172 g/mol. The number of nitrogens with one attached hydrogen (secondary N) is 1. The summed E-state index contributed by atoms with van der Waals surface area (Å²) in [6.45, 7) is 5.55. The third kappa shape index (κ3) is 1.74. The summed E-state index contributed by atoms with van der Waals surface area (Å²) in [6, 6.07) is 4.34. The van der Waals surface area contributed by atoms with Crippen LogP contribution < -0.4 is 5.32 Å². The van der Waals surface area contributed by atoms with Gasteiger partial charge in [0.1, 0.15) is 0 Å². The van der Waals surface area contributed by atoms with E-state index in [0.717, 1.165) is 13.0 Å². The summed E-state index contributed by atoms with van der Waals surface area (Å²) in [7, 11) is 0. The van der Waals surface area contributed by atoms with Gasteiger partial charge < -0.3 is 5.32 Å². The lowest BCUT2D eigenvalue weighted by Gasteiger charge is -2.19. The highest BCUT2D eigenvalue weighted by Gasteiger charge is 2.12.